The van der Waals surface area contributed by atoms with E-state index in [9.17, 15) is 0 Å². The molecule has 3 N–H and O–H groups in total. The van der Waals surface area contributed by atoms with E-state index in [2.05, 4.69) is 31.5 Å². The molecule has 3 aromatic heterocycles. The van der Waals surface area contributed by atoms with Crippen LogP contribution in [-0.4, -0.2) is 33.3 Å². The molecule has 0 spiro atoms. The molecular formula is C18H22N6O2S. The highest BCUT2D eigenvalue weighted by molar-refractivity contribution is 7.09. The lowest BCUT2D eigenvalue weighted by Gasteiger charge is -2.32. The lowest BCUT2D eigenvalue weighted by molar-refractivity contribution is 0.177. The highest BCUT2D eigenvalue weighted by Crippen LogP contribution is 2.35. The molecule has 1 aliphatic rings. The smallest absolute Gasteiger partial charge is 0.231 e. The summed E-state index contributed by atoms with van der Waals surface area (Å²) >= 11 is 1.67. The summed E-state index contributed by atoms with van der Waals surface area (Å²) < 4.78 is 10.5. The van der Waals surface area contributed by atoms with Crippen molar-refractivity contribution < 1.29 is 9.26 Å². The van der Waals surface area contributed by atoms with Crippen molar-refractivity contribution in [3.63, 3.8) is 0 Å². The maximum Gasteiger partial charge on any atom is 0.231 e. The van der Waals surface area contributed by atoms with Crippen molar-refractivity contribution in [1.82, 2.24) is 20.1 Å². The van der Waals surface area contributed by atoms with Gasteiger partial charge in [0.05, 0.1) is 13.0 Å². The molecule has 0 aliphatic heterocycles. The molecule has 3 aromatic rings. The van der Waals surface area contributed by atoms with Crippen molar-refractivity contribution in [2.24, 2.45) is 5.73 Å². The quantitative estimate of drug-likeness (QED) is 0.607. The van der Waals surface area contributed by atoms with Gasteiger partial charge in [0.15, 0.2) is 11.6 Å². The molecule has 0 aromatic carbocycles. The molecule has 9 heteroatoms. The Labute approximate surface area is 161 Å². The van der Waals surface area contributed by atoms with Gasteiger partial charge >= 0.3 is 0 Å². The fourth-order valence-electron chi connectivity index (χ4n) is 3.08. The maximum atomic E-state index is 5.92. The van der Waals surface area contributed by atoms with E-state index in [1.807, 2.05) is 17.5 Å². The Balaban J connectivity index is 1.42. The van der Waals surface area contributed by atoms with E-state index in [1.165, 1.54) is 4.88 Å². The minimum atomic E-state index is 0.272. The SMILES string of the molecule is COCc1nc(NCc2noc(Cc3cccs3)n2)cc(C2CC(N)C2)n1. The Kier molecular flexibility index (Phi) is 5.42. The van der Waals surface area contributed by atoms with Crippen LogP contribution >= 0.6 is 11.3 Å². The highest BCUT2D eigenvalue weighted by atomic mass is 32.1. The van der Waals surface area contributed by atoms with Crippen molar-refractivity contribution in [1.29, 1.82) is 0 Å². The summed E-state index contributed by atoms with van der Waals surface area (Å²) in [6.45, 7) is 0.801. The highest BCUT2D eigenvalue weighted by Gasteiger charge is 2.29. The van der Waals surface area contributed by atoms with Crippen LogP contribution in [0.4, 0.5) is 5.82 Å². The van der Waals surface area contributed by atoms with Crippen LogP contribution < -0.4 is 11.1 Å². The Bertz CT molecular complexity index is 876. The van der Waals surface area contributed by atoms with Crippen LogP contribution in [-0.2, 0) is 24.3 Å². The molecule has 0 amide bonds. The molecule has 27 heavy (non-hydrogen) atoms. The molecule has 3 heterocycles. The van der Waals surface area contributed by atoms with Gasteiger partial charge in [-0.3, -0.25) is 0 Å². The van der Waals surface area contributed by atoms with E-state index in [-0.39, 0.29) is 6.04 Å². The third-order valence-electron chi connectivity index (χ3n) is 4.50. The predicted molar refractivity (Wildman–Crippen MR) is 101 cm³/mol. The van der Waals surface area contributed by atoms with Gasteiger partial charge in [-0.2, -0.15) is 4.98 Å². The van der Waals surface area contributed by atoms with E-state index >= 15 is 0 Å². The number of ether oxygens (including phenoxy) is 1. The average molecular weight is 386 g/mol. The summed E-state index contributed by atoms with van der Waals surface area (Å²) in [7, 11) is 1.64. The summed E-state index contributed by atoms with van der Waals surface area (Å²) in [5, 5.41) is 9.34. The first kappa shape index (κ1) is 18.0. The Hall–Kier alpha value is -2.36. The van der Waals surface area contributed by atoms with Gasteiger partial charge in [0, 0.05) is 35.7 Å². The molecule has 0 bridgehead atoms. The van der Waals surface area contributed by atoms with Crippen molar-refractivity contribution >= 4 is 17.2 Å². The number of anilines is 1. The second kappa shape index (κ2) is 8.12. The summed E-state index contributed by atoms with van der Waals surface area (Å²) in [5.41, 5.74) is 6.92. The van der Waals surface area contributed by atoms with E-state index in [1.54, 1.807) is 18.4 Å². The topological polar surface area (TPSA) is 112 Å². The Morgan fingerprint density at radius 2 is 2.19 bits per heavy atom. The van der Waals surface area contributed by atoms with Crippen molar-refractivity contribution in [2.45, 2.75) is 44.4 Å². The van der Waals surface area contributed by atoms with Gasteiger partial charge in [-0.1, -0.05) is 11.2 Å². The van der Waals surface area contributed by atoms with Gasteiger partial charge in [0.1, 0.15) is 12.4 Å². The molecule has 1 fully saturated rings. The third kappa shape index (κ3) is 4.49. The van der Waals surface area contributed by atoms with Gasteiger partial charge in [-0.15, -0.1) is 11.3 Å². The van der Waals surface area contributed by atoms with E-state index in [4.69, 9.17) is 15.0 Å². The number of hydrogen-bond donors (Lipinski definition) is 2. The summed E-state index contributed by atoms with van der Waals surface area (Å²) in [6, 6.07) is 6.31. The summed E-state index contributed by atoms with van der Waals surface area (Å²) in [4.78, 5) is 14.7. The largest absolute Gasteiger partial charge is 0.377 e. The normalized spacial score (nSPS) is 19.0. The molecule has 1 aliphatic carbocycles. The van der Waals surface area contributed by atoms with E-state index in [0.717, 1.165) is 24.4 Å². The van der Waals surface area contributed by atoms with Crippen LogP contribution in [0.2, 0.25) is 0 Å². The number of nitrogens with two attached hydrogens (primary N) is 1. The minimum absolute atomic E-state index is 0.272. The first-order valence-corrected chi connectivity index (χ1v) is 9.77. The van der Waals surface area contributed by atoms with Gasteiger partial charge in [-0.05, 0) is 24.3 Å². The van der Waals surface area contributed by atoms with Crippen LogP contribution in [0.1, 0.15) is 46.9 Å². The monoisotopic (exact) mass is 386 g/mol. The van der Waals surface area contributed by atoms with Crippen LogP contribution in [0.25, 0.3) is 0 Å². The fourth-order valence-corrected chi connectivity index (χ4v) is 3.78. The maximum absolute atomic E-state index is 5.92. The van der Waals surface area contributed by atoms with Gasteiger partial charge in [0.2, 0.25) is 5.89 Å². The van der Waals surface area contributed by atoms with Crippen molar-refractivity contribution in [3.8, 4) is 0 Å². The number of hydrogen-bond acceptors (Lipinski definition) is 9. The lowest BCUT2D eigenvalue weighted by atomic mass is 9.78. The second-order valence-electron chi connectivity index (χ2n) is 6.67. The lowest BCUT2D eigenvalue weighted by Crippen LogP contribution is -2.35. The molecule has 0 radical (unpaired) electrons. The number of aromatic nitrogens is 4. The van der Waals surface area contributed by atoms with E-state index < -0.39 is 0 Å². The van der Waals surface area contributed by atoms with Crippen molar-refractivity contribution in [3.05, 3.63) is 51.7 Å². The third-order valence-corrected chi connectivity index (χ3v) is 5.38. The van der Waals surface area contributed by atoms with Gasteiger partial charge < -0.3 is 20.3 Å². The zero-order chi connectivity index (χ0) is 18.6. The Morgan fingerprint density at radius 1 is 1.30 bits per heavy atom. The van der Waals surface area contributed by atoms with Crippen LogP contribution in [0.15, 0.2) is 28.1 Å². The molecular weight excluding hydrogens is 364 g/mol. The van der Waals surface area contributed by atoms with Gasteiger partial charge in [-0.25, -0.2) is 9.97 Å². The van der Waals surface area contributed by atoms with E-state index in [0.29, 0.717) is 43.0 Å². The predicted octanol–water partition coefficient (Wildman–Crippen LogP) is 2.48. The average Bonchev–Trinajstić information content (AvgIpc) is 3.30. The standard InChI is InChI=1S/C18H22N6O2S/c1-25-10-17-21-14(11-5-12(19)6-11)8-15(22-17)20-9-16-23-18(26-24-16)7-13-3-2-4-27-13/h2-4,8,11-12H,5-7,9-10,19H2,1H3,(H,20,21,22). The molecule has 0 saturated heterocycles. The molecule has 142 valence electrons. The summed E-state index contributed by atoms with van der Waals surface area (Å²) in [5.74, 6) is 2.99. The molecule has 0 unspecified atom stereocenters. The number of rotatable bonds is 8. The Morgan fingerprint density at radius 3 is 2.93 bits per heavy atom. The van der Waals surface area contributed by atoms with Crippen molar-refractivity contribution in [2.75, 3.05) is 12.4 Å². The van der Waals surface area contributed by atoms with Gasteiger partial charge in [0.25, 0.3) is 0 Å². The van der Waals surface area contributed by atoms with Crippen LogP contribution in [0, 0.1) is 0 Å². The summed E-state index contributed by atoms with van der Waals surface area (Å²) in [6.07, 6.45) is 2.57. The first-order chi connectivity index (χ1) is 13.2. The molecule has 4 rings (SSSR count). The molecule has 8 nitrogen and oxygen atoms in total. The molecule has 1 saturated carbocycles. The fraction of sp³-hybridized carbons (Fsp3) is 0.444. The zero-order valence-electron chi connectivity index (χ0n) is 15.1. The number of nitrogens with zero attached hydrogens (tertiary/aromatic N) is 4. The number of thiophene rings is 1. The van der Waals surface area contributed by atoms with Crippen LogP contribution in [0.5, 0.6) is 0 Å². The zero-order valence-corrected chi connectivity index (χ0v) is 15.9. The van der Waals surface area contributed by atoms with Crippen LogP contribution in [0.3, 0.4) is 0 Å². The second-order valence-corrected chi connectivity index (χ2v) is 7.70. The number of nitrogens with one attached hydrogen (secondary N) is 1. The number of methoxy groups -OCH3 is 1. The minimum Gasteiger partial charge on any atom is -0.377 e. The first-order valence-electron chi connectivity index (χ1n) is 8.89. The molecule has 0 atom stereocenters.